The minimum Gasteiger partial charge on any atom is -0.396 e. The SMILES string of the molecule is CN=CC(Br)=C(N)c1ccccn1. The number of pyridine rings is 1. The summed E-state index contributed by atoms with van der Waals surface area (Å²) in [6.07, 6.45) is 3.34. The second-order valence-electron chi connectivity index (χ2n) is 2.36. The molecule has 13 heavy (non-hydrogen) atoms. The van der Waals surface area contributed by atoms with Gasteiger partial charge in [0.25, 0.3) is 0 Å². The quantitative estimate of drug-likeness (QED) is 0.801. The summed E-state index contributed by atoms with van der Waals surface area (Å²) in [6.45, 7) is 0. The number of rotatable bonds is 2. The maximum absolute atomic E-state index is 5.80. The minimum absolute atomic E-state index is 0.589. The first-order valence-electron chi connectivity index (χ1n) is 3.74. The zero-order valence-electron chi connectivity index (χ0n) is 7.24. The van der Waals surface area contributed by atoms with Crippen LogP contribution in [0.5, 0.6) is 0 Å². The number of hydrogen-bond acceptors (Lipinski definition) is 3. The third-order valence-corrected chi connectivity index (χ3v) is 2.07. The molecule has 0 unspecified atom stereocenters. The van der Waals surface area contributed by atoms with Crippen molar-refractivity contribution in [3.63, 3.8) is 0 Å². The van der Waals surface area contributed by atoms with Crippen LogP contribution < -0.4 is 5.73 Å². The van der Waals surface area contributed by atoms with Crippen molar-refractivity contribution in [3.8, 4) is 0 Å². The summed E-state index contributed by atoms with van der Waals surface area (Å²) >= 11 is 3.31. The number of nitrogens with zero attached hydrogens (tertiary/aromatic N) is 2. The van der Waals surface area contributed by atoms with Crippen LogP contribution in [-0.2, 0) is 0 Å². The number of hydrogen-bond donors (Lipinski definition) is 1. The molecule has 0 aliphatic carbocycles. The van der Waals surface area contributed by atoms with Crippen LogP contribution in [0.15, 0.2) is 33.9 Å². The lowest BCUT2D eigenvalue weighted by molar-refractivity contribution is 1.26. The lowest BCUT2D eigenvalue weighted by Gasteiger charge is -2.00. The van der Waals surface area contributed by atoms with E-state index in [-0.39, 0.29) is 0 Å². The number of halogens is 1. The Labute approximate surface area is 85.5 Å². The molecule has 0 aromatic carbocycles. The van der Waals surface area contributed by atoms with Gasteiger partial charge in [0.2, 0.25) is 0 Å². The third kappa shape index (κ3) is 2.66. The Morgan fingerprint density at radius 3 is 2.92 bits per heavy atom. The topological polar surface area (TPSA) is 51.3 Å². The Kier molecular flexibility index (Phi) is 3.64. The van der Waals surface area contributed by atoms with Gasteiger partial charge in [-0.15, -0.1) is 0 Å². The van der Waals surface area contributed by atoms with Crippen LogP contribution in [-0.4, -0.2) is 18.2 Å². The van der Waals surface area contributed by atoms with Gasteiger partial charge in [-0.2, -0.15) is 0 Å². The standard InChI is InChI=1S/C9H10BrN3/c1-12-6-7(10)9(11)8-4-2-3-5-13-8/h2-6H,11H2,1H3. The first kappa shape index (κ1) is 9.92. The fourth-order valence-electron chi connectivity index (χ4n) is 0.827. The molecule has 0 aliphatic heterocycles. The van der Waals surface area contributed by atoms with Gasteiger partial charge in [0.05, 0.1) is 15.9 Å². The van der Waals surface area contributed by atoms with Gasteiger partial charge in [0, 0.05) is 19.5 Å². The van der Waals surface area contributed by atoms with E-state index in [0.717, 1.165) is 10.2 Å². The van der Waals surface area contributed by atoms with Crippen molar-refractivity contribution in [2.45, 2.75) is 0 Å². The van der Waals surface area contributed by atoms with Gasteiger partial charge >= 0.3 is 0 Å². The average Bonchev–Trinajstić information content (AvgIpc) is 2.18. The van der Waals surface area contributed by atoms with Crippen molar-refractivity contribution in [3.05, 3.63) is 34.6 Å². The predicted octanol–water partition coefficient (Wildman–Crippen LogP) is 1.80. The molecule has 0 radical (unpaired) electrons. The normalized spacial score (nSPS) is 13.1. The molecule has 0 amide bonds. The summed E-state index contributed by atoms with van der Waals surface area (Å²) in [5, 5.41) is 0. The molecule has 1 aromatic rings. The lowest BCUT2D eigenvalue weighted by Crippen LogP contribution is -2.01. The molecule has 1 rings (SSSR count). The van der Waals surface area contributed by atoms with Crippen LogP contribution >= 0.6 is 15.9 Å². The van der Waals surface area contributed by atoms with Gasteiger partial charge in [-0.05, 0) is 28.1 Å². The van der Waals surface area contributed by atoms with Crippen LogP contribution in [0, 0.1) is 0 Å². The van der Waals surface area contributed by atoms with E-state index in [9.17, 15) is 0 Å². The predicted molar refractivity (Wildman–Crippen MR) is 58.7 cm³/mol. The Balaban J connectivity index is 3.03. The smallest absolute Gasteiger partial charge is 0.0871 e. The van der Waals surface area contributed by atoms with E-state index in [4.69, 9.17) is 5.73 Å². The zero-order valence-corrected chi connectivity index (χ0v) is 8.82. The van der Waals surface area contributed by atoms with E-state index < -0.39 is 0 Å². The summed E-state index contributed by atoms with van der Waals surface area (Å²) < 4.78 is 0.744. The van der Waals surface area contributed by atoms with E-state index in [1.54, 1.807) is 19.5 Å². The number of aromatic nitrogens is 1. The Morgan fingerprint density at radius 1 is 1.62 bits per heavy atom. The second-order valence-corrected chi connectivity index (χ2v) is 3.22. The lowest BCUT2D eigenvalue weighted by atomic mass is 10.3. The Morgan fingerprint density at radius 2 is 2.38 bits per heavy atom. The molecule has 68 valence electrons. The van der Waals surface area contributed by atoms with Gasteiger partial charge in [0.15, 0.2) is 0 Å². The van der Waals surface area contributed by atoms with E-state index in [1.807, 2.05) is 18.2 Å². The highest BCUT2D eigenvalue weighted by atomic mass is 79.9. The molecule has 1 aromatic heterocycles. The van der Waals surface area contributed by atoms with E-state index in [0.29, 0.717) is 5.70 Å². The molecule has 0 fully saturated rings. The highest BCUT2D eigenvalue weighted by Gasteiger charge is 2.00. The highest BCUT2D eigenvalue weighted by molar-refractivity contribution is 9.12. The van der Waals surface area contributed by atoms with E-state index >= 15 is 0 Å². The summed E-state index contributed by atoms with van der Waals surface area (Å²) in [7, 11) is 1.69. The molecule has 3 nitrogen and oxygen atoms in total. The maximum Gasteiger partial charge on any atom is 0.0871 e. The molecule has 0 saturated carbocycles. The van der Waals surface area contributed by atoms with Gasteiger partial charge in [0.1, 0.15) is 0 Å². The van der Waals surface area contributed by atoms with Crippen LogP contribution in [0.2, 0.25) is 0 Å². The highest BCUT2D eigenvalue weighted by Crippen LogP contribution is 2.13. The number of allylic oxidation sites excluding steroid dienone is 1. The van der Waals surface area contributed by atoms with E-state index in [1.165, 1.54) is 0 Å². The summed E-state index contributed by atoms with van der Waals surface area (Å²) in [5.74, 6) is 0. The fourth-order valence-corrected chi connectivity index (χ4v) is 1.24. The van der Waals surface area contributed by atoms with Crippen LogP contribution in [0.25, 0.3) is 5.70 Å². The van der Waals surface area contributed by atoms with E-state index in [2.05, 4.69) is 25.9 Å². The first-order chi connectivity index (χ1) is 6.25. The van der Waals surface area contributed by atoms with Gasteiger partial charge in [-0.1, -0.05) is 6.07 Å². The van der Waals surface area contributed by atoms with Crippen LogP contribution in [0.1, 0.15) is 5.69 Å². The molecular formula is C9H10BrN3. The largest absolute Gasteiger partial charge is 0.396 e. The summed E-state index contributed by atoms with van der Waals surface area (Å²) in [4.78, 5) is 7.95. The molecule has 1 heterocycles. The maximum atomic E-state index is 5.80. The molecular weight excluding hydrogens is 230 g/mol. The molecule has 2 N–H and O–H groups in total. The van der Waals surface area contributed by atoms with Crippen molar-refractivity contribution in [2.75, 3.05) is 7.05 Å². The van der Waals surface area contributed by atoms with Gasteiger partial charge in [-0.3, -0.25) is 9.98 Å². The molecule has 0 saturated heterocycles. The summed E-state index contributed by atoms with van der Waals surface area (Å²) in [5.41, 5.74) is 7.14. The second kappa shape index (κ2) is 4.77. The molecule has 4 heteroatoms. The summed E-state index contributed by atoms with van der Waals surface area (Å²) in [6, 6.07) is 5.58. The average molecular weight is 240 g/mol. The van der Waals surface area contributed by atoms with Gasteiger partial charge < -0.3 is 5.73 Å². The van der Waals surface area contributed by atoms with Crippen LogP contribution in [0.4, 0.5) is 0 Å². The van der Waals surface area contributed by atoms with Crippen molar-refractivity contribution in [2.24, 2.45) is 10.7 Å². The monoisotopic (exact) mass is 239 g/mol. The van der Waals surface area contributed by atoms with Crippen molar-refractivity contribution >= 4 is 27.8 Å². The number of aliphatic imine (C=N–C) groups is 1. The van der Waals surface area contributed by atoms with Gasteiger partial charge in [-0.25, -0.2) is 0 Å². The molecule has 0 bridgehead atoms. The van der Waals surface area contributed by atoms with Crippen molar-refractivity contribution in [1.29, 1.82) is 0 Å². The molecule has 0 aliphatic rings. The molecule has 0 spiro atoms. The third-order valence-electron chi connectivity index (χ3n) is 1.44. The first-order valence-corrected chi connectivity index (χ1v) is 4.54. The zero-order chi connectivity index (χ0) is 9.68. The Bertz CT molecular complexity index is 330. The minimum atomic E-state index is 0.589. The van der Waals surface area contributed by atoms with Crippen molar-refractivity contribution < 1.29 is 0 Å². The van der Waals surface area contributed by atoms with Crippen LogP contribution in [0.3, 0.4) is 0 Å². The molecule has 0 atom stereocenters. The van der Waals surface area contributed by atoms with Crippen molar-refractivity contribution in [1.82, 2.24) is 4.98 Å². The fraction of sp³-hybridized carbons (Fsp3) is 0.111. The Hall–Kier alpha value is -1.16. The number of nitrogens with two attached hydrogens (primary N) is 1.